The number of carbonyl (C=O) groups excluding carboxylic acids is 1. The van der Waals surface area contributed by atoms with Crippen molar-refractivity contribution in [1.29, 1.82) is 0 Å². The van der Waals surface area contributed by atoms with E-state index in [4.69, 9.17) is 23.2 Å². The molecule has 0 fully saturated rings. The Kier molecular flexibility index (Phi) is 6.59. The van der Waals surface area contributed by atoms with Crippen LogP contribution in [0, 0.1) is 6.92 Å². The number of anilines is 1. The monoisotopic (exact) mass is 513 g/mol. The maximum absolute atomic E-state index is 13.4. The predicted octanol–water partition coefficient (Wildman–Crippen LogP) is 6.98. The fourth-order valence-electron chi connectivity index (χ4n) is 4.05. The van der Waals surface area contributed by atoms with Gasteiger partial charge in [0.15, 0.2) is 0 Å². The van der Waals surface area contributed by atoms with E-state index in [1.54, 1.807) is 47.0 Å². The predicted molar refractivity (Wildman–Crippen MR) is 146 cm³/mol. The van der Waals surface area contributed by atoms with Crippen molar-refractivity contribution in [3.8, 4) is 11.1 Å². The fourth-order valence-corrected chi connectivity index (χ4v) is 4.37. The molecule has 0 aliphatic heterocycles. The van der Waals surface area contributed by atoms with Crippen LogP contribution in [0.25, 0.3) is 22.0 Å². The summed E-state index contributed by atoms with van der Waals surface area (Å²) in [5.41, 5.74) is 4.45. The molecule has 5 nitrogen and oxygen atoms in total. The van der Waals surface area contributed by atoms with Gasteiger partial charge in [0, 0.05) is 21.3 Å². The van der Waals surface area contributed by atoms with Crippen LogP contribution in [-0.4, -0.2) is 15.5 Å². The van der Waals surface area contributed by atoms with Gasteiger partial charge < -0.3 is 5.32 Å². The van der Waals surface area contributed by atoms with Crippen LogP contribution in [-0.2, 0) is 6.54 Å². The zero-order valence-electron chi connectivity index (χ0n) is 19.3. The standard InChI is InChI=1S/C29H21Cl2N3O2/c1-18-32-27-14-13-25(33-28(35)21-9-11-23(30)12-10-21)16-26(27)29(36)34(18)17-19-5-7-20(8-6-19)22-3-2-4-24(31)15-22/h2-16H,17H2,1H3,(H,33,35). The summed E-state index contributed by atoms with van der Waals surface area (Å²) in [7, 11) is 0. The molecule has 1 heterocycles. The van der Waals surface area contributed by atoms with E-state index >= 15 is 0 Å². The van der Waals surface area contributed by atoms with E-state index in [0.717, 1.165) is 16.7 Å². The molecule has 36 heavy (non-hydrogen) atoms. The van der Waals surface area contributed by atoms with Crippen LogP contribution >= 0.6 is 23.2 Å². The van der Waals surface area contributed by atoms with Gasteiger partial charge in [-0.3, -0.25) is 14.2 Å². The zero-order valence-corrected chi connectivity index (χ0v) is 20.8. The van der Waals surface area contributed by atoms with Crippen molar-refractivity contribution in [3.05, 3.63) is 128 Å². The van der Waals surface area contributed by atoms with Gasteiger partial charge in [0.2, 0.25) is 0 Å². The second-order valence-electron chi connectivity index (χ2n) is 8.45. The number of hydrogen-bond donors (Lipinski definition) is 1. The number of rotatable bonds is 5. The van der Waals surface area contributed by atoms with Crippen molar-refractivity contribution in [3.63, 3.8) is 0 Å². The normalized spacial score (nSPS) is 11.0. The molecule has 1 N–H and O–H groups in total. The van der Waals surface area contributed by atoms with Crippen LogP contribution in [0.5, 0.6) is 0 Å². The minimum Gasteiger partial charge on any atom is -0.322 e. The first kappa shape index (κ1) is 23.8. The molecular formula is C29H21Cl2N3O2. The van der Waals surface area contributed by atoms with E-state index in [2.05, 4.69) is 10.3 Å². The number of fused-ring (bicyclic) bond motifs is 1. The molecule has 1 aromatic heterocycles. The average Bonchev–Trinajstić information content (AvgIpc) is 2.88. The van der Waals surface area contributed by atoms with Gasteiger partial charge in [0.25, 0.3) is 11.5 Å². The summed E-state index contributed by atoms with van der Waals surface area (Å²) in [5.74, 6) is 0.329. The average molecular weight is 514 g/mol. The number of halogens is 2. The van der Waals surface area contributed by atoms with Crippen LogP contribution in [0.3, 0.4) is 0 Å². The van der Waals surface area contributed by atoms with Crippen molar-refractivity contribution in [2.75, 3.05) is 5.32 Å². The lowest BCUT2D eigenvalue weighted by molar-refractivity contribution is 0.102. The second-order valence-corrected chi connectivity index (χ2v) is 9.32. The Morgan fingerprint density at radius 3 is 2.33 bits per heavy atom. The zero-order chi connectivity index (χ0) is 25.2. The third kappa shape index (κ3) is 5.03. The topological polar surface area (TPSA) is 64.0 Å². The van der Waals surface area contributed by atoms with Crippen molar-refractivity contribution in [2.24, 2.45) is 0 Å². The number of aromatic nitrogens is 2. The smallest absolute Gasteiger partial charge is 0.261 e. The van der Waals surface area contributed by atoms with Crippen molar-refractivity contribution >= 4 is 45.7 Å². The summed E-state index contributed by atoms with van der Waals surface area (Å²) in [5, 5.41) is 4.51. The molecular weight excluding hydrogens is 493 g/mol. The van der Waals surface area contributed by atoms with E-state index in [1.165, 1.54) is 0 Å². The summed E-state index contributed by atoms with van der Waals surface area (Å²) in [6.45, 7) is 2.20. The number of amides is 1. The van der Waals surface area contributed by atoms with Crippen LogP contribution < -0.4 is 10.9 Å². The number of aryl methyl sites for hydroxylation is 1. The van der Waals surface area contributed by atoms with Crippen LogP contribution in [0.15, 0.2) is 95.8 Å². The van der Waals surface area contributed by atoms with Gasteiger partial charge in [-0.05, 0) is 78.2 Å². The molecule has 0 spiro atoms. The maximum Gasteiger partial charge on any atom is 0.261 e. The lowest BCUT2D eigenvalue weighted by Gasteiger charge is -2.13. The molecule has 0 unspecified atom stereocenters. The first-order valence-electron chi connectivity index (χ1n) is 11.3. The number of hydrogen-bond acceptors (Lipinski definition) is 3. The summed E-state index contributed by atoms with van der Waals surface area (Å²) in [4.78, 5) is 30.6. The highest BCUT2D eigenvalue weighted by molar-refractivity contribution is 6.31. The van der Waals surface area contributed by atoms with E-state index in [0.29, 0.717) is 44.6 Å². The molecule has 0 radical (unpaired) electrons. The van der Waals surface area contributed by atoms with Gasteiger partial charge in [0.1, 0.15) is 5.82 Å². The highest BCUT2D eigenvalue weighted by Gasteiger charge is 2.12. The number of nitrogens with one attached hydrogen (secondary N) is 1. The Morgan fingerprint density at radius 2 is 1.61 bits per heavy atom. The molecule has 0 aliphatic carbocycles. The van der Waals surface area contributed by atoms with Gasteiger partial charge >= 0.3 is 0 Å². The summed E-state index contributed by atoms with van der Waals surface area (Å²) >= 11 is 12.0. The molecule has 0 saturated carbocycles. The Labute approximate surface area is 218 Å². The molecule has 5 aromatic rings. The van der Waals surface area contributed by atoms with E-state index < -0.39 is 0 Å². The molecule has 0 aliphatic rings. The van der Waals surface area contributed by atoms with Crippen LogP contribution in [0.4, 0.5) is 5.69 Å². The second kappa shape index (κ2) is 9.97. The van der Waals surface area contributed by atoms with E-state index in [9.17, 15) is 9.59 Å². The molecule has 5 rings (SSSR count). The van der Waals surface area contributed by atoms with Gasteiger partial charge in [-0.1, -0.05) is 59.6 Å². The fraction of sp³-hybridized carbons (Fsp3) is 0.0690. The highest BCUT2D eigenvalue weighted by atomic mass is 35.5. The third-order valence-electron chi connectivity index (χ3n) is 5.96. The van der Waals surface area contributed by atoms with Crippen molar-refractivity contribution < 1.29 is 4.79 Å². The number of nitrogens with zero attached hydrogens (tertiary/aromatic N) is 2. The Hall–Kier alpha value is -3.93. The maximum atomic E-state index is 13.4. The Bertz CT molecular complexity index is 1640. The summed E-state index contributed by atoms with van der Waals surface area (Å²) in [6, 6.07) is 27.5. The minimum atomic E-state index is -0.286. The number of carbonyl (C=O) groups is 1. The van der Waals surface area contributed by atoms with Crippen LogP contribution in [0.2, 0.25) is 10.0 Å². The summed E-state index contributed by atoms with van der Waals surface area (Å²) < 4.78 is 1.64. The number of benzene rings is 4. The van der Waals surface area contributed by atoms with E-state index in [1.807, 2.05) is 55.5 Å². The molecule has 4 aromatic carbocycles. The van der Waals surface area contributed by atoms with E-state index in [-0.39, 0.29) is 11.5 Å². The molecule has 0 bridgehead atoms. The quantitative estimate of drug-likeness (QED) is 0.275. The van der Waals surface area contributed by atoms with Gasteiger partial charge in [0.05, 0.1) is 17.4 Å². The van der Waals surface area contributed by atoms with Gasteiger partial charge in [-0.2, -0.15) is 0 Å². The minimum absolute atomic E-state index is 0.168. The molecule has 178 valence electrons. The molecule has 0 atom stereocenters. The van der Waals surface area contributed by atoms with Crippen LogP contribution in [0.1, 0.15) is 21.7 Å². The molecule has 0 saturated heterocycles. The molecule has 7 heteroatoms. The van der Waals surface area contributed by atoms with Crippen molar-refractivity contribution in [1.82, 2.24) is 9.55 Å². The Balaban J connectivity index is 1.42. The highest BCUT2D eigenvalue weighted by Crippen LogP contribution is 2.23. The first-order valence-corrected chi connectivity index (χ1v) is 12.1. The third-order valence-corrected chi connectivity index (χ3v) is 6.45. The SMILES string of the molecule is Cc1nc2ccc(NC(=O)c3ccc(Cl)cc3)cc2c(=O)n1Cc1ccc(-c2cccc(Cl)c2)cc1. The van der Waals surface area contributed by atoms with Gasteiger partial charge in [-0.15, -0.1) is 0 Å². The summed E-state index contributed by atoms with van der Waals surface area (Å²) in [6.07, 6.45) is 0. The largest absolute Gasteiger partial charge is 0.322 e. The lowest BCUT2D eigenvalue weighted by Crippen LogP contribution is -2.24. The molecule has 1 amide bonds. The lowest BCUT2D eigenvalue weighted by atomic mass is 10.0. The Morgan fingerprint density at radius 1 is 0.861 bits per heavy atom. The first-order chi connectivity index (χ1) is 17.4. The van der Waals surface area contributed by atoms with Gasteiger partial charge in [-0.25, -0.2) is 4.98 Å². The van der Waals surface area contributed by atoms with Crippen molar-refractivity contribution in [2.45, 2.75) is 13.5 Å².